The second kappa shape index (κ2) is 5.79. The van der Waals surface area contributed by atoms with Crippen molar-refractivity contribution in [3.8, 4) is 0 Å². The molecule has 0 saturated heterocycles. The van der Waals surface area contributed by atoms with E-state index in [4.69, 9.17) is 5.73 Å². The molecule has 0 aromatic heterocycles. The summed E-state index contributed by atoms with van der Waals surface area (Å²) < 4.78 is 0. The summed E-state index contributed by atoms with van der Waals surface area (Å²) in [5.74, 6) is -8.92. The third kappa shape index (κ3) is 2.26. The van der Waals surface area contributed by atoms with Crippen molar-refractivity contribution in [2.75, 3.05) is 0 Å². The predicted molar refractivity (Wildman–Crippen MR) is 86.3 cm³/mol. The minimum Gasteiger partial charge on any atom is -0.369 e. The molecular weight excluding hydrogens is 338 g/mol. The van der Waals surface area contributed by atoms with Gasteiger partial charge in [0.25, 0.3) is 0 Å². The highest BCUT2D eigenvalue weighted by molar-refractivity contribution is 6.27. The number of Topliss-reactive ketones (excluding diaryl/α,β-unsaturated/α-hetero) is 4. The molecule has 0 aliphatic heterocycles. The van der Waals surface area contributed by atoms with Crippen LogP contribution in [0.3, 0.4) is 0 Å². The van der Waals surface area contributed by atoms with Gasteiger partial charge in [-0.1, -0.05) is 6.08 Å². The highest BCUT2D eigenvalue weighted by Gasteiger charge is 2.59. The molecule has 26 heavy (non-hydrogen) atoms. The molecule has 3 saturated carbocycles. The Morgan fingerprint density at radius 2 is 1.46 bits per heavy atom. The Kier molecular flexibility index (Phi) is 3.78. The molecule has 0 bridgehead atoms. The van der Waals surface area contributed by atoms with E-state index in [1.165, 1.54) is 6.08 Å². The molecule has 7 unspecified atom stereocenters. The molecule has 0 aromatic carbocycles. The predicted octanol–water partition coefficient (Wildman–Crippen LogP) is -0.198. The third-order valence-corrected chi connectivity index (χ3v) is 6.54. The SMILES string of the molecule is NC(=O)C1C(=O)CC2CC3CC4CC=CC(=O)C4C(=O)C3C(=O)C2C1=O. The monoisotopic (exact) mass is 357 g/mol. The second-order valence-corrected chi connectivity index (χ2v) is 7.94. The van der Waals surface area contributed by atoms with Gasteiger partial charge in [-0.15, -0.1) is 0 Å². The van der Waals surface area contributed by atoms with Crippen LogP contribution in [-0.2, 0) is 28.8 Å². The van der Waals surface area contributed by atoms with Gasteiger partial charge in [0.05, 0.1) is 17.8 Å². The lowest BCUT2D eigenvalue weighted by molar-refractivity contribution is -0.158. The Balaban J connectivity index is 1.68. The minimum atomic E-state index is -1.59. The number of primary amides is 1. The Bertz CT molecular complexity index is 796. The van der Waals surface area contributed by atoms with Gasteiger partial charge < -0.3 is 5.73 Å². The number of fused-ring (bicyclic) bond motifs is 3. The fourth-order valence-corrected chi connectivity index (χ4v) is 5.53. The van der Waals surface area contributed by atoms with Crippen molar-refractivity contribution >= 4 is 34.8 Å². The largest absolute Gasteiger partial charge is 0.369 e. The zero-order valence-corrected chi connectivity index (χ0v) is 14.1. The van der Waals surface area contributed by atoms with Crippen LogP contribution in [0, 0.1) is 41.4 Å². The zero-order valence-electron chi connectivity index (χ0n) is 14.1. The van der Waals surface area contributed by atoms with Gasteiger partial charge in [0, 0.05) is 6.42 Å². The van der Waals surface area contributed by atoms with Crippen molar-refractivity contribution in [3.05, 3.63) is 12.2 Å². The van der Waals surface area contributed by atoms with Crippen LogP contribution >= 0.6 is 0 Å². The van der Waals surface area contributed by atoms with E-state index >= 15 is 0 Å². The first-order valence-corrected chi connectivity index (χ1v) is 8.94. The molecule has 2 N–H and O–H groups in total. The second-order valence-electron chi connectivity index (χ2n) is 7.94. The number of rotatable bonds is 1. The summed E-state index contributed by atoms with van der Waals surface area (Å²) in [7, 11) is 0. The Morgan fingerprint density at radius 1 is 0.846 bits per heavy atom. The van der Waals surface area contributed by atoms with Gasteiger partial charge in [0.2, 0.25) is 5.91 Å². The molecule has 136 valence electrons. The Labute approximate surface area is 149 Å². The van der Waals surface area contributed by atoms with Gasteiger partial charge in [0.15, 0.2) is 34.8 Å². The van der Waals surface area contributed by atoms with Crippen molar-refractivity contribution in [1.82, 2.24) is 0 Å². The number of allylic oxidation sites excluding steroid dienone is 2. The van der Waals surface area contributed by atoms with Gasteiger partial charge in [-0.2, -0.15) is 0 Å². The first kappa shape index (κ1) is 17.0. The quantitative estimate of drug-likeness (QED) is 0.647. The van der Waals surface area contributed by atoms with Crippen molar-refractivity contribution in [1.29, 1.82) is 0 Å². The molecule has 0 heterocycles. The molecule has 0 spiro atoms. The van der Waals surface area contributed by atoms with Crippen LogP contribution in [0.4, 0.5) is 0 Å². The van der Waals surface area contributed by atoms with Gasteiger partial charge in [0.1, 0.15) is 0 Å². The molecule has 4 aliphatic rings. The normalized spacial score (nSPS) is 42.2. The third-order valence-electron chi connectivity index (χ3n) is 6.54. The summed E-state index contributed by atoms with van der Waals surface area (Å²) in [6, 6.07) is 0. The molecule has 4 rings (SSSR count). The van der Waals surface area contributed by atoms with Gasteiger partial charge >= 0.3 is 0 Å². The van der Waals surface area contributed by atoms with Gasteiger partial charge in [-0.3, -0.25) is 28.8 Å². The Morgan fingerprint density at radius 3 is 2.15 bits per heavy atom. The van der Waals surface area contributed by atoms with Crippen LogP contribution in [0.15, 0.2) is 12.2 Å². The van der Waals surface area contributed by atoms with E-state index in [1.54, 1.807) is 6.08 Å². The standard InChI is InChI=1S/C19H19NO6/c20-19(26)15-11(22)6-9-5-8-4-7-2-1-3-10(21)12(7)16(23)13(8)17(24)14(9)18(15)25/h1,3,7-9,12-15H,2,4-6H2,(H2,20,26). The smallest absolute Gasteiger partial charge is 0.235 e. The van der Waals surface area contributed by atoms with E-state index in [9.17, 15) is 28.8 Å². The average molecular weight is 357 g/mol. The van der Waals surface area contributed by atoms with Crippen molar-refractivity contribution < 1.29 is 28.8 Å². The lowest BCUT2D eigenvalue weighted by Crippen LogP contribution is -2.59. The fraction of sp³-hybridized carbons (Fsp3) is 0.579. The highest BCUT2D eigenvalue weighted by Crippen LogP contribution is 2.50. The van der Waals surface area contributed by atoms with Crippen LogP contribution in [0.25, 0.3) is 0 Å². The number of hydrogen-bond donors (Lipinski definition) is 1. The number of carbonyl (C=O) groups is 6. The minimum absolute atomic E-state index is 0.0416. The summed E-state index contributed by atoms with van der Waals surface area (Å²) in [5.41, 5.74) is 5.17. The summed E-state index contributed by atoms with van der Waals surface area (Å²) in [4.78, 5) is 74.4. The molecule has 4 aliphatic carbocycles. The molecule has 0 radical (unpaired) electrons. The van der Waals surface area contributed by atoms with Gasteiger partial charge in [-0.25, -0.2) is 0 Å². The fourth-order valence-electron chi connectivity index (χ4n) is 5.53. The number of carbonyl (C=O) groups excluding carboxylic acids is 6. The topological polar surface area (TPSA) is 128 Å². The number of hydrogen-bond acceptors (Lipinski definition) is 6. The van der Waals surface area contributed by atoms with Crippen molar-refractivity contribution in [3.63, 3.8) is 0 Å². The van der Waals surface area contributed by atoms with Crippen LogP contribution in [0.5, 0.6) is 0 Å². The first-order chi connectivity index (χ1) is 12.3. The maximum Gasteiger partial charge on any atom is 0.235 e. The molecule has 0 aromatic rings. The first-order valence-electron chi connectivity index (χ1n) is 8.94. The van der Waals surface area contributed by atoms with Crippen molar-refractivity contribution in [2.45, 2.75) is 25.7 Å². The lowest BCUT2D eigenvalue weighted by Gasteiger charge is -2.47. The summed E-state index contributed by atoms with van der Waals surface area (Å²) in [6.45, 7) is 0. The van der Waals surface area contributed by atoms with E-state index < -0.39 is 58.6 Å². The highest BCUT2D eigenvalue weighted by atomic mass is 16.2. The summed E-state index contributed by atoms with van der Waals surface area (Å²) in [5, 5.41) is 0. The Hall–Kier alpha value is -2.44. The van der Waals surface area contributed by atoms with Gasteiger partial charge in [-0.05, 0) is 43.1 Å². The van der Waals surface area contributed by atoms with E-state index in [2.05, 4.69) is 0 Å². The summed E-state index contributed by atoms with van der Waals surface area (Å²) >= 11 is 0. The lowest BCUT2D eigenvalue weighted by atomic mass is 9.53. The van der Waals surface area contributed by atoms with Crippen LogP contribution in [0.2, 0.25) is 0 Å². The molecule has 1 amide bonds. The van der Waals surface area contributed by atoms with E-state index in [0.29, 0.717) is 19.3 Å². The van der Waals surface area contributed by atoms with E-state index in [0.717, 1.165) is 0 Å². The van der Waals surface area contributed by atoms with E-state index in [-0.39, 0.29) is 24.0 Å². The molecule has 3 fully saturated rings. The number of amides is 1. The van der Waals surface area contributed by atoms with Crippen LogP contribution in [0.1, 0.15) is 25.7 Å². The van der Waals surface area contributed by atoms with Crippen LogP contribution in [-0.4, -0.2) is 34.8 Å². The maximum absolute atomic E-state index is 13.0. The van der Waals surface area contributed by atoms with E-state index in [1.807, 2.05) is 0 Å². The molecule has 7 nitrogen and oxygen atoms in total. The summed E-state index contributed by atoms with van der Waals surface area (Å²) in [6.07, 6.45) is 4.71. The molecule has 7 heteroatoms. The molecular formula is C19H19NO6. The average Bonchev–Trinajstić information content (AvgIpc) is 2.53. The maximum atomic E-state index is 13.0. The van der Waals surface area contributed by atoms with Crippen LogP contribution < -0.4 is 5.73 Å². The zero-order chi connectivity index (χ0) is 18.7. The molecule has 7 atom stereocenters. The van der Waals surface area contributed by atoms with Crippen molar-refractivity contribution in [2.24, 2.45) is 47.2 Å². The number of ketones is 5. The number of nitrogens with two attached hydrogens (primary N) is 1.